The smallest absolute Gasteiger partial charge is 0.268 e. The summed E-state index contributed by atoms with van der Waals surface area (Å²) in [5.41, 5.74) is 6.96. The van der Waals surface area contributed by atoms with Gasteiger partial charge in [-0.1, -0.05) is 54.1 Å². The normalized spacial score (nSPS) is 13.5. The van der Waals surface area contributed by atoms with Crippen molar-refractivity contribution in [1.82, 2.24) is 19.5 Å². The Morgan fingerprint density at radius 2 is 1.67 bits per heavy atom. The monoisotopic (exact) mass is 802 g/mol. The molecule has 0 saturated carbocycles. The fourth-order valence-corrected chi connectivity index (χ4v) is 8.23. The largest absolute Gasteiger partial charge is 0.456 e. The van der Waals surface area contributed by atoms with Crippen molar-refractivity contribution in [2.75, 3.05) is 63.6 Å². The van der Waals surface area contributed by atoms with Crippen LogP contribution in [0.2, 0.25) is 5.02 Å². The van der Waals surface area contributed by atoms with E-state index in [1.165, 1.54) is 17.2 Å². The Labute approximate surface area is 340 Å². The molecular weight excluding hydrogens is 756 g/mol. The number of halogens is 1. The Balaban J connectivity index is 1.09. The van der Waals surface area contributed by atoms with Gasteiger partial charge in [0.05, 0.1) is 16.0 Å². The molecule has 5 aromatic carbocycles. The highest BCUT2D eigenvalue weighted by atomic mass is 35.5. The molecule has 0 unspecified atom stereocenters. The molecule has 0 spiro atoms. The van der Waals surface area contributed by atoms with E-state index in [1.807, 2.05) is 69.6 Å². The molecule has 1 amide bonds. The lowest BCUT2D eigenvalue weighted by atomic mass is 9.99. The van der Waals surface area contributed by atoms with Crippen molar-refractivity contribution in [2.45, 2.75) is 24.8 Å². The van der Waals surface area contributed by atoms with Gasteiger partial charge in [0.25, 0.3) is 15.9 Å². The number of amides is 1. The summed E-state index contributed by atoms with van der Waals surface area (Å²) in [6, 6.07) is 35.8. The summed E-state index contributed by atoms with van der Waals surface area (Å²) in [4.78, 5) is 25.1. The summed E-state index contributed by atoms with van der Waals surface area (Å²) < 4.78 is 35.9. The number of rotatable bonds is 14. The van der Waals surface area contributed by atoms with E-state index in [4.69, 9.17) is 16.3 Å². The number of aryl methyl sites for hydroxylation is 1. The predicted molar refractivity (Wildman–Crippen MR) is 230 cm³/mol. The van der Waals surface area contributed by atoms with Crippen molar-refractivity contribution in [1.29, 1.82) is 0 Å². The molecule has 0 atom stereocenters. The van der Waals surface area contributed by atoms with Crippen LogP contribution in [0.4, 0.5) is 11.4 Å². The van der Waals surface area contributed by atoms with Gasteiger partial charge in [0.1, 0.15) is 11.5 Å². The summed E-state index contributed by atoms with van der Waals surface area (Å²) in [6.07, 6.45) is 2.67. The number of carbonyl (C=O) groups excluding carboxylic acids is 1. The number of piperazine rings is 1. The third-order valence-electron chi connectivity index (χ3n) is 10.1. The lowest BCUT2D eigenvalue weighted by molar-refractivity contribution is 0.0979. The fourth-order valence-electron chi connectivity index (χ4n) is 7.05. The maximum Gasteiger partial charge on any atom is 0.268 e. The summed E-state index contributed by atoms with van der Waals surface area (Å²) in [5, 5.41) is 4.96. The standard InChI is InChI=1S/C45H47ClN6O4S/c1-32-28-39(17-20-42(32)47-22-7-23-50(2)3)57(54,55)49-45(53)41-18-15-37(30-44(41)56-38-16-19-43-34(29-38)9-6-21-48-43)52-26-24-51(25-27-52)31-35-8-4-5-10-40(35)33-11-13-36(46)14-12-33/h4-6,8-21,28-30,47H,7,22-27,31H2,1-3H3,(H,49,53). The predicted octanol–water partition coefficient (Wildman–Crippen LogP) is 8.46. The molecule has 10 nitrogen and oxygen atoms in total. The first-order valence-corrected chi connectivity index (χ1v) is 20.9. The van der Waals surface area contributed by atoms with E-state index in [1.54, 1.807) is 30.5 Å². The molecule has 0 aliphatic carbocycles. The van der Waals surface area contributed by atoms with Crippen molar-refractivity contribution in [3.05, 3.63) is 143 Å². The lowest BCUT2D eigenvalue weighted by Crippen LogP contribution is -2.46. The Morgan fingerprint density at radius 3 is 2.44 bits per heavy atom. The van der Waals surface area contributed by atoms with Gasteiger partial charge in [-0.05, 0) is 123 Å². The second kappa shape index (κ2) is 17.8. The van der Waals surface area contributed by atoms with E-state index in [9.17, 15) is 13.2 Å². The van der Waals surface area contributed by atoms with Gasteiger partial charge in [-0.25, -0.2) is 13.1 Å². The number of anilines is 2. The minimum atomic E-state index is -4.21. The molecular formula is C45H47ClN6O4S. The van der Waals surface area contributed by atoms with E-state index in [2.05, 4.69) is 66.1 Å². The molecule has 0 radical (unpaired) electrons. The van der Waals surface area contributed by atoms with Crippen LogP contribution in [0.5, 0.6) is 11.5 Å². The summed E-state index contributed by atoms with van der Waals surface area (Å²) in [7, 11) is -0.155. The average molecular weight is 803 g/mol. The number of nitrogens with zero attached hydrogens (tertiary/aromatic N) is 4. The molecule has 2 heterocycles. The number of hydrogen-bond donors (Lipinski definition) is 2. The van der Waals surface area contributed by atoms with E-state index in [0.29, 0.717) is 10.8 Å². The number of sulfonamides is 1. The molecule has 294 valence electrons. The highest BCUT2D eigenvalue weighted by Crippen LogP contribution is 2.33. The van der Waals surface area contributed by atoms with Crippen molar-refractivity contribution in [3.63, 3.8) is 0 Å². The van der Waals surface area contributed by atoms with Gasteiger partial charge in [-0.15, -0.1) is 0 Å². The SMILES string of the molecule is Cc1cc(S(=O)(=O)NC(=O)c2ccc(N3CCN(Cc4ccccc4-c4ccc(Cl)cc4)CC3)cc2Oc2ccc3ncccc3c2)ccc1NCCCN(C)C. The van der Waals surface area contributed by atoms with Crippen LogP contribution < -0.4 is 19.7 Å². The van der Waals surface area contributed by atoms with Gasteiger partial charge in [0.2, 0.25) is 0 Å². The zero-order chi connectivity index (χ0) is 39.9. The van der Waals surface area contributed by atoms with E-state index >= 15 is 0 Å². The summed E-state index contributed by atoms with van der Waals surface area (Å²) in [5.74, 6) is -0.0408. The number of fused-ring (bicyclic) bond motifs is 1. The van der Waals surface area contributed by atoms with E-state index in [-0.39, 0.29) is 16.2 Å². The number of pyridine rings is 1. The number of carbonyl (C=O) groups is 1. The Bertz CT molecular complexity index is 2470. The van der Waals surface area contributed by atoms with E-state index in [0.717, 1.165) is 85.6 Å². The first-order valence-electron chi connectivity index (χ1n) is 19.1. The third kappa shape index (κ3) is 9.92. The molecule has 57 heavy (non-hydrogen) atoms. The van der Waals surface area contributed by atoms with Crippen LogP contribution in [0.1, 0.15) is 27.9 Å². The van der Waals surface area contributed by atoms with Gasteiger partial charge in [0.15, 0.2) is 0 Å². The van der Waals surface area contributed by atoms with Crippen LogP contribution >= 0.6 is 11.6 Å². The molecule has 1 aliphatic rings. The van der Waals surface area contributed by atoms with Crippen LogP contribution in [0, 0.1) is 6.92 Å². The average Bonchev–Trinajstić information content (AvgIpc) is 3.20. The highest BCUT2D eigenvalue weighted by Gasteiger charge is 2.25. The number of nitrogens with one attached hydrogen (secondary N) is 2. The zero-order valence-corrected chi connectivity index (χ0v) is 34.0. The Morgan fingerprint density at radius 1 is 0.877 bits per heavy atom. The van der Waals surface area contributed by atoms with E-state index < -0.39 is 15.9 Å². The Kier molecular flexibility index (Phi) is 12.4. The lowest BCUT2D eigenvalue weighted by Gasteiger charge is -2.36. The van der Waals surface area contributed by atoms with Crippen molar-refractivity contribution >= 4 is 49.8 Å². The number of aromatic nitrogens is 1. The second-order valence-corrected chi connectivity index (χ2v) is 16.7. The van der Waals surface area contributed by atoms with Crippen molar-refractivity contribution in [3.8, 4) is 22.6 Å². The third-order valence-corrected chi connectivity index (χ3v) is 11.7. The molecule has 0 bridgehead atoms. The summed E-state index contributed by atoms with van der Waals surface area (Å²) >= 11 is 6.16. The van der Waals surface area contributed by atoms with Crippen LogP contribution in [0.3, 0.4) is 0 Å². The van der Waals surface area contributed by atoms with Crippen LogP contribution in [-0.2, 0) is 16.6 Å². The van der Waals surface area contributed by atoms with Crippen molar-refractivity contribution in [2.24, 2.45) is 0 Å². The minimum Gasteiger partial charge on any atom is -0.456 e. The molecule has 1 aromatic heterocycles. The van der Waals surface area contributed by atoms with Gasteiger partial charge >= 0.3 is 0 Å². The molecule has 12 heteroatoms. The van der Waals surface area contributed by atoms with Gasteiger partial charge in [-0.3, -0.25) is 14.7 Å². The molecule has 6 aromatic rings. The fraction of sp³-hybridized carbons (Fsp3) is 0.244. The molecule has 2 N–H and O–H groups in total. The molecule has 1 aliphatic heterocycles. The highest BCUT2D eigenvalue weighted by molar-refractivity contribution is 7.90. The topological polar surface area (TPSA) is 107 Å². The maximum absolute atomic E-state index is 13.9. The van der Waals surface area contributed by atoms with Gasteiger partial charge in [0, 0.05) is 73.3 Å². The zero-order valence-electron chi connectivity index (χ0n) is 32.4. The maximum atomic E-state index is 13.9. The molecule has 1 fully saturated rings. The van der Waals surface area contributed by atoms with Crippen molar-refractivity contribution < 1.29 is 17.9 Å². The number of benzene rings is 5. The number of hydrogen-bond acceptors (Lipinski definition) is 9. The van der Waals surface area contributed by atoms with Gasteiger partial charge < -0.3 is 19.9 Å². The molecule has 1 saturated heterocycles. The quantitative estimate of drug-likeness (QED) is 0.105. The molecule has 7 rings (SSSR count). The van der Waals surface area contributed by atoms with Crippen LogP contribution in [-0.4, -0.2) is 82.5 Å². The first kappa shape index (κ1) is 39.8. The first-order chi connectivity index (χ1) is 27.5. The van der Waals surface area contributed by atoms with Gasteiger partial charge in [-0.2, -0.15) is 0 Å². The number of ether oxygens (including phenoxy) is 1. The Hall–Kier alpha value is -5.46. The second-order valence-electron chi connectivity index (χ2n) is 14.6. The summed E-state index contributed by atoms with van der Waals surface area (Å²) in [6.45, 7) is 7.51. The van der Waals surface area contributed by atoms with Crippen LogP contribution in [0.15, 0.2) is 126 Å². The van der Waals surface area contributed by atoms with Crippen LogP contribution in [0.25, 0.3) is 22.0 Å². The minimum absolute atomic E-state index is 0.00182.